The van der Waals surface area contributed by atoms with Crippen molar-refractivity contribution in [3.05, 3.63) is 30.7 Å². The van der Waals surface area contributed by atoms with Crippen molar-refractivity contribution in [3.8, 4) is 11.5 Å². The smallest absolute Gasteiger partial charge is 0.333 e. The van der Waals surface area contributed by atoms with Gasteiger partial charge < -0.3 is 4.98 Å². The molecule has 1 saturated carbocycles. The Hall–Kier alpha value is -2.68. The van der Waals surface area contributed by atoms with Gasteiger partial charge in [0, 0.05) is 18.4 Å². The van der Waals surface area contributed by atoms with Crippen molar-refractivity contribution in [3.63, 3.8) is 0 Å². The van der Waals surface area contributed by atoms with E-state index in [2.05, 4.69) is 43.1 Å². The van der Waals surface area contributed by atoms with Gasteiger partial charge in [-0.05, 0) is 25.0 Å². The number of amides is 2. The largest absolute Gasteiger partial charge is 0.343 e. The SMILES string of the molecule is O=C(Nc1ccc2ncc(-c3ncc[nH]3)nc2n1)N(S)C1CCCC1. The predicted octanol–water partition coefficient (Wildman–Crippen LogP) is 3.04. The van der Waals surface area contributed by atoms with Crippen LogP contribution >= 0.6 is 12.8 Å². The molecular formula is C16H17N7OS. The third-order valence-corrected chi connectivity index (χ3v) is 4.77. The van der Waals surface area contributed by atoms with Crippen molar-refractivity contribution < 1.29 is 4.79 Å². The molecule has 0 unspecified atom stereocenters. The van der Waals surface area contributed by atoms with Crippen LogP contribution in [0, 0.1) is 0 Å². The Bertz CT molecular complexity index is 893. The van der Waals surface area contributed by atoms with Crippen LogP contribution in [-0.2, 0) is 0 Å². The van der Waals surface area contributed by atoms with Crippen LogP contribution in [-0.4, -0.2) is 41.3 Å². The Labute approximate surface area is 149 Å². The number of urea groups is 1. The second kappa shape index (κ2) is 6.67. The number of nitrogens with one attached hydrogen (secondary N) is 2. The molecule has 9 heteroatoms. The molecule has 128 valence electrons. The van der Waals surface area contributed by atoms with E-state index < -0.39 is 0 Å². The minimum Gasteiger partial charge on any atom is -0.343 e. The fraction of sp³-hybridized carbons (Fsp3) is 0.312. The van der Waals surface area contributed by atoms with E-state index >= 15 is 0 Å². The number of pyridine rings is 1. The molecule has 2 amide bonds. The molecule has 4 rings (SSSR count). The molecule has 0 aliphatic heterocycles. The lowest BCUT2D eigenvalue weighted by atomic mass is 10.2. The molecule has 3 heterocycles. The second-order valence-electron chi connectivity index (χ2n) is 5.95. The maximum Gasteiger partial charge on any atom is 0.333 e. The Morgan fingerprint density at radius 2 is 2.08 bits per heavy atom. The van der Waals surface area contributed by atoms with Gasteiger partial charge in [-0.25, -0.2) is 19.7 Å². The summed E-state index contributed by atoms with van der Waals surface area (Å²) in [5.74, 6) is 1.04. The molecule has 0 spiro atoms. The van der Waals surface area contributed by atoms with Gasteiger partial charge in [-0.1, -0.05) is 25.7 Å². The highest BCUT2D eigenvalue weighted by Gasteiger charge is 2.24. The van der Waals surface area contributed by atoms with Gasteiger partial charge in [-0.2, -0.15) is 0 Å². The normalized spacial score (nSPS) is 14.8. The number of hydrogen-bond acceptors (Lipinski definition) is 6. The van der Waals surface area contributed by atoms with E-state index in [0.29, 0.717) is 28.5 Å². The van der Waals surface area contributed by atoms with Crippen LogP contribution < -0.4 is 5.32 Å². The highest BCUT2D eigenvalue weighted by Crippen LogP contribution is 2.25. The van der Waals surface area contributed by atoms with Crippen LogP contribution in [0.15, 0.2) is 30.7 Å². The fourth-order valence-electron chi connectivity index (χ4n) is 2.97. The summed E-state index contributed by atoms with van der Waals surface area (Å²) in [5, 5.41) is 2.77. The maximum atomic E-state index is 12.3. The molecule has 0 atom stereocenters. The first-order valence-corrected chi connectivity index (χ1v) is 8.53. The minimum atomic E-state index is -0.280. The Morgan fingerprint density at radius 1 is 1.24 bits per heavy atom. The van der Waals surface area contributed by atoms with Gasteiger partial charge in [0.25, 0.3) is 0 Å². The summed E-state index contributed by atoms with van der Waals surface area (Å²) in [6.07, 6.45) is 9.24. The summed E-state index contributed by atoms with van der Waals surface area (Å²) in [6.45, 7) is 0. The number of H-pyrrole nitrogens is 1. The van der Waals surface area contributed by atoms with E-state index in [1.807, 2.05) is 0 Å². The summed E-state index contributed by atoms with van der Waals surface area (Å²) in [4.78, 5) is 32.7. The van der Waals surface area contributed by atoms with E-state index in [1.165, 1.54) is 4.31 Å². The van der Waals surface area contributed by atoms with Crippen LogP contribution in [0.25, 0.3) is 22.7 Å². The van der Waals surface area contributed by atoms with Gasteiger partial charge >= 0.3 is 6.03 Å². The first-order valence-electron chi connectivity index (χ1n) is 8.13. The summed E-state index contributed by atoms with van der Waals surface area (Å²) < 4.78 is 1.46. The molecule has 3 aromatic rings. The lowest BCUT2D eigenvalue weighted by Crippen LogP contribution is -2.34. The topological polar surface area (TPSA) is 99.7 Å². The molecule has 0 radical (unpaired) electrons. The standard InChI is InChI=1S/C16H17N7OS/c24-16(23(25)10-3-1-2-4-10)22-13-6-5-11-15(21-13)20-12(9-19-11)14-17-7-8-18-14/h5-10,25H,1-4H2,(H,17,18)(H,20,21,22,24). The number of imidazole rings is 1. The quantitative estimate of drug-likeness (QED) is 0.627. The average molecular weight is 355 g/mol. The number of carbonyl (C=O) groups is 1. The lowest BCUT2D eigenvalue weighted by molar-refractivity contribution is 0.230. The summed E-state index contributed by atoms with van der Waals surface area (Å²) >= 11 is 4.33. The molecular weight excluding hydrogens is 338 g/mol. The van der Waals surface area contributed by atoms with Crippen molar-refractivity contribution in [1.82, 2.24) is 29.2 Å². The first-order chi connectivity index (χ1) is 12.2. The van der Waals surface area contributed by atoms with Gasteiger partial charge in [0.05, 0.1) is 6.20 Å². The molecule has 25 heavy (non-hydrogen) atoms. The van der Waals surface area contributed by atoms with Crippen LogP contribution in [0.5, 0.6) is 0 Å². The number of thiol groups is 1. The molecule has 0 bridgehead atoms. The van der Waals surface area contributed by atoms with Crippen molar-refractivity contribution >= 4 is 35.8 Å². The maximum absolute atomic E-state index is 12.3. The molecule has 1 aliphatic carbocycles. The fourth-order valence-corrected chi connectivity index (χ4v) is 3.25. The van der Waals surface area contributed by atoms with E-state index in [9.17, 15) is 4.79 Å². The summed E-state index contributed by atoms with van der Waals surface area (Å²) in [5.41, 5.74) is 1.68. The van der Waals surface area contributed by atoms with Crippen LogP contribution in [0.1, 0.15) is 25.7 Å². The predicted molar refractivity (Wildman–Crippen MR) is 97.0 cm³/mol. The van der Waals surface area contributed by atoms with E-state index in [4.69, 9.17) is 0 Å². The van der Waals surface area contributed by atoms with Crippen molar-refractivity contribution in [2.75, 3.05) is 5.32 Å². The zero-order valence-electron chi connectivity index (χ0n) is 13.4. The van der Waals surface area contributed by atoms with Crippen LogP contribution in [0.4, 0.5) is 10.6 Å². The van der Waals surface area contributed by atoms with Crippen LogP contribution in [0.2, 0.25) is 0 Å². The molecule has 1 aliphatic rings. The minimum absolute atomic E-state index is 0.175. The first kappa shape index (κ1) is 15.8. The second-order valence-corrected chi connectivity index (χ2v) is 6.38. The Balaban J connectivity index is 1.56. The number of anilines is 1. The monoisotopic (exact) mass is 355 g/mol. The van der Waals surface area contributed by atoms with Gasteiger partial charge in [0.15, 0.2) is 11.5 Å². The molecule has 0 saturated heterocycles. The molecule has 8 nitrogen and oxygen atoms in total. The highest BCUT2D eigenvalue weighted by atomic mass is 32.1. The number of fused-ring (bicyclic) bond motifs is 1. The molecule has 3 aromatic heterocycles. The van der Waals surface area contributed by atoms with E-state index in [1.54, 1.807) is 30.7 Å². The van der Waals surface area contributed by atoms with E-state index in [0.717, 1.165) is 25.7 Å². The summed E-state index contributed by atoms with van der Waals surface area (Å²) in [6, 6.07) is 3.37. The summed E-state index contributed by atoms with van der Waals surface area (Å²) in [7, 11) is 0. The molecule has 1 fully saturated rings. The van der Waals surface area contributed by atoms with Crippen molar-refractivity contribution in [2.24, 2.45) is 0 Å². The zero-order chi connectivity index (χ0) is 17.2. The number of carbonyl (C=O) groups excluding carboxylic acids is 1. The third-order valence-electron chi connectivity index (χ3n) is 4.26. The zero-order valence-corrected chi connectivity index (χ0v) is 14.3. The van der Waals surface area contributed by atoms with E-state index in [-0.39, 0.29) is 12.1 Å². The molecule has 2 N–H and O–H groups in total. The van der Waals surface area contributed by atoms with Gasteiger partial charge in [0.1, 0.15) is 17.0 Å². The number of aromatic amines is 1. The number of aromatic nitrogens is 5. The van der Waals surface area contributed by atoms with Gasteiger partial charge in [0.2, 0.25) is 0 Å². The number of hydrogen-bond donors (Lipinski definition) is 3. The third kappa shape index (κ3) is 3.27. The van der Waals surface area contributed by atoms with Crippen LogP contribution in [0.3, 0.4) is 0 Å². The average Bonchev–Trinajstić information content (AvgIpc) is 3.34. The number of rotatable bonds is 3. The lowest BCUT2D eigenvalue weighted by Gasteiger charge is -2.22. The van der Waals surface area contributed by atoms with Gasteiger partial charge in [-0.15, -0.1) is 0 Å². The molecule has 0 aromatic carbocycles. The van der Waals surface area contributed by atoms with Gasteiger partial charge in [-0.3, -0.25) is 14.6 Å². The van der Waals surface area contributed by atoms with Crippen molar-refractivity contribution in [1.29, 1.82) is 0 Å². The Kier molecular flexibility index (Phi) is 4.22. The van der Waals surface area contributed by atoms with Crippen molar-refractivity contribution in [2.45, 2.75) is 31.7 Å². The highest BCUT2D eigenvalue weighted by molar-refractivity contribution is 7.78. The number of nitrogens with zero attached hydrogens (tertiary/aromatic N) is 5. The Morgan fingerprint density at radius 3 is 2.84 bits per heavy atom.